The topological polar surface area (TPSA) is 76.9 Å². The zero-order valence-electron chi connectivity index (χ0n) is 9.71. The van der Waals surface area contributed by atoms with Crippen molar-refractivity contribution in [1.82, 2.24) is 14.8 Å². The molecule has 6 nitrogen and oxygen atoms in total. The summed E-state index contributed by atoms with van der Waals surface area (Å²) in [5, 5.41) is 6.92. The molecule has 0 saturated heterocycles. The van der Waals surface area contributed by atoms with Gasteiger partial charge in [0.05, 0.1) is 0 Å². The normalized spacial score (nSPS) is 18.1. The van der Waals surface area contributed by atoms with E-state index in [-0.39, 0.29) is 24.2 Å². The number of halogens is 1. The lowest BCUT2D eigenvalue weighted by molar-refractivity contribution is -0.119. The van der Waals surface area contributed by atoms with E-state index in [4.69, 9.17) is 11.6 Å². The Kier molecular flexibility index (Phi) is 2.79. The number of carbonyl (C=O) groups excluding carboxylic acids is 2. The molecule has 1 aromatic carbocycles. The van der Waals surface area contributed by atoms with Crippen LogP contribution in [0.5, 0.6) is 0 Å². The molecule has 0 fully saturated rings. The van der Waals surface area contributed by atoms with E-state index in [1.807, 2.05) is 6.07 Å². The molecular formula is C12H9ClN4O2. The summed E-state index contributed by atoms with van der Waals surface area (Å²) in [6.07, 6.45) is 1.51. The van der Waals surface area contributed by atoms with E-state index in [1.54, 1.807) is 18.2 Å². The Bertz CT molecular complexity index is 667. The highest BCUT2D eigenvalue weighted by atomic mass is 35.5. The Morgan fingerprint density at radius 1 is 1.37 bits per heavy atom. The van der Waals surface area contributed by atoms with E-state index in [2.05, 4.69) is 15.4 Å². The average molecular weight is 277 g/mol. The van der Waals surface area contributed by atoms with Gasteiger partial charge in [-0.1, -0.05) is 23.7 Å². The summed E-state index contributed by atoms with van der Waals surface area (Å²) in [5.74, 6) is -1.40. The van der Waals surface area contributed by atoms with E-state index in [1.165, 1.54) is 6.33 Å². The number of amides is 1. The van der Waals surface area contributed by atoms with Gasteiger partial charge in [0.1, 0.15) is 12.2 Å². The molecule has 1 aliphatic rings. The fourth-order valence-corrected chi connectivity index (χ4v) is 2.24. The summed E-state index contributed by atoms with van der Waals surface area (Å²) >= 11 is 5.89. The molecule has 0 saturated carbocycles. The van der Waals surface area contributed by atoms with Crippen molar-refractivity contribution in [2.24, 2.45) is 5.92 Å². The lowest BCUT2D eigenvalue weighted by atomic mass is 9.97. The van der Waals surface area contributed by atoms with Gasteiger partial charge in [-0.15, -0.1) is 0 Å². The predicted molar refractivity (Wildman–Crippen MR) is 67.9 cm³/mol. The highest BCUT2D eigenvalue weighted by Gasteiger charge is 2.35. The van der Waals surface area contributed by atoms with Crippen molar-refractivity contribution in [3.05, 3.63) is 41.2 Å². The first-order valence-electron chi connectivity index (χ1n) is 5.64. The number of rotatable bonds is 2. The Balaban J connectivity index is 1.90. The summed E-state index contributed by atoms with van der Waals surface area (Å²) in [7, 11) is 0. The Labute approximate surface area is 113 Å². The lowest BCUT2D eigenvalue weighted by Gasteiger charge is -2.20. The van der Waals surface area contributed by atoms with Crippen LogP contribution in [0.15, 0.2) is 30.6 Å². The number of carbonyl (C=O) groups is 2. The van der Waals surface area contributed by atoms with Crippen LogP contribution in [0.3, 0.4) is 0 Å². The Morgan fingerprint density at radius 3 is 3.00 bits per heavy atom. The Morgan fingerprint density at radius 2 is 2.21 bits per heavy atom. The highest BCUT2D eigenvalue weighted by Crippen LogP contribution is 2.21. The van der Waals surface area contributed by atoms with Crippen molar-refractivity contribution in [3.8, 4) is 0 Å². The molecule has 1 unspecified atom stereocenters. The number of benzene rings is 1. The third-order valence-corrected chi connectivity index (χ3v) is 3.17. The van der Waals surface area contributed by atoms with Crippen LogP contribution < -0.4 is 5.32 Å². The number of anilines is 1. The van der Waals surface area contributed by atoms with Crippen molar-refractivity contribution in [2.75, 3.05) is 5.32 Å². The van der Waals surface area contributed by atoms with Crippen molar-refractivity contribution in [2.45, 2.75) is 6.42 Å². The van der Waals surface area contributed by atoms with E-state index >= 15 is 0 Å². The monoisotopic (exact) mass is 276 g/mol. The minimum Gasteiger partial charge on any atom is -0.294 e. The highest BCUT2D eigenvalue weighted by molar-refractivity contribution is 6.30. The van der Waals surface area contributed by atoms with Gasteiger partial charge in [0.25, 0.3) is 5.91 Å². The smallest absolute Gasteiger partial charge is 0.263 e. The van der Waals surface area contributed by atoms with Gasteiger partial charge in [-0.05, 0) is 24.1 Å². The predicted octanol–water partition coefficient (Wildman–Crippen LogP) is 1.38. The van der Waals surface area contributed by atoms with Crippen LogP contribution in [0.1, 0.15) is 10.4 Å². The number of hydrogen-bond donors (Lipinski definition) is 1. The first kappa shape index (κ1) is 11.9. The molecule has 1 N–H and O–H groups in total. The van der Waals surface area contributed by atoms with Gasteiger partial charge in [0, 0.05) is 5.02 Å². The molecule has 0 spiro atoms. The van der Waals surface area contributed by atoms with E-state index < -0.39 is 5.92 Å². The van der Waals surface area contributed by atoms with Crippen LogP contribution in [0.4, 0.5) is 5.95 Å². The molecule has 7 heteroatoms. The maximum Gasteiger partial charge on any atom is 0.263 e. The van der Waals surface area contributed by atoms with Crippen LogP contribution in [0.25, 0.3) is 0 Å². The van der Waals surface area contributed by atoms with Crippen molar-refractivity contribution in [1.29, 1.82) is 0 Å². The molecule has 0 radical (unpaired) electrons. The number of aromatic nitrogens is 3. The molecule has 96 valence electrons. The second-order valence-electron chi connectivity index (χ2n) is 4.21. The van der Waals surface area contributed by atoms with Crippen molar-refractivity contribution >= 4 is 29.4 Å². The summed E-state index contributed by atoms with van der Waals surface area (Å²) < 4.78 is 1.11. The van der Waals surface area contributed by atoms with Crippen LogP contribution >= 0.6 is 11.6 Å². The third-order valence-electron chi connectivity index (χ3n) is 2.93. The molecule has 1 aromatic heterocycles. The first-order valence-corrected chi connectivity index (χ1v) is 6.02. The Hall–Kier alpha value is -2.21. The van der Waals surface area contributed by atoms with E-state index in [0.717, 1.165) is 10.2 Å². The van der Waals surface area contributed by atoms with E-state index in [9.17, 15) is 9.59 Å². The zero-order chi connectivity index (χ0) is 13.4. The lowest BCUT2D eigenvalue weighted by Crippen LogP contribution is -2.41. The molecule has 3 rings (SSSR count). The minimum atomic E-state index is -0.812. The van der Waals surface area contributed by atoms with Gasteiger partial charge in [-0.2, -0.15) is 14.8 Å². The van der Waals surface area contributed by atoms with E-state index in [0.29, 0.717) is 5.02 Å². The molecule has 2 aromatic rings. The van der Waals surface area contributed by atoms with Crippen molar-refractivity contribution in [3.63, 3.8) is 0 Å². The second-order valence-corrected chi connectivity index (χ2v) is 4.65. The summed E-state index contributed by atoms with van der Waals surface area (Å²) in [5.41, 5.74) is 0.824. The standard InChI is InChI=1S/C12H9ClN4O2/c13-8-3-1-2-7(4-8)5-9-10(18)16-12-14-6-15-17(12)11(9)19/h1-4,6,9H,5H2,(H,14,15,16,18). The van der Waals surface area contributed by atoms with Gasteiger partial charge in [0.15, 0.2) is 0 Å². The zero-order valence-corrected chi connectivity index (χ0v) is 10.5. The van der Waals surface area contributed by atoms with Crippen LogP contribution in [0.2, 0.25) is 5.02 Å². The van der Waals surface area contributed by atoms with Crippen LogP contribution in [-0.2, 0) is 11.2 Å². The summed E-state index contributed by atoms with van der Waals surface area (Å²) in [6.45, 7) is 0. The van der Waals surface area contributed by atoms with Gasteiger partial charge in [-0.25, -0.2) is 0 Å². The van der Waals surface area contributed by atoms with Gasteiger partial charge < -0.3 is 0 Å². The van der Waals surface area contributed by atoms with Gasteiger partial charge in [0.2, 0.25) is 11.9 Å². The number of nitrogens with zero attached hydrogens (tertiary/aromatic N) is 3. The van der Waals surface area contributed by atoms with Gasteiger partial charge in [-0.3, -0.25) is 14.9 Å². The fraction of sp³-hybridized carbons (Fsp3) is 0.167. The molecule has 1 aliphatic heterocycles. The largest absolute Gasteiger partial charge is 0.294 e. The third kappa shape index (κ3) is 2.10. The van der Waals surface area contributed by atoms with Crippen LogP contribution in [0, 0.1) is 5.92 Å². The fourth-order valence-electron chi connectivity index (χ4n) is 2.02. The number of nitrogens with one attached hydrogen (secondary N) is 1. The molecule has 2 heterocycles. The maximum absolute atomic E-state index is 12.1. The molecule has 0 bridgehead atoms. The summed E-state index contributed by atoms with van der Waals surface area (Å²) in [4.78, 5) is 27.8. The van der Waals surface area contributed by atoms with Crippen LogP contribution in [-0.4, -0.2) is 26.6 Å². The molecule has 0 aliphatic carbocycles. The van der Waals surface area contributed by atoms with Crippen molar-refractivity contribution < 1.29 is 9.59 Å². The maximum atomic E-state index is 12.1. The average Bonchev–Trinajstić information content (AvgIpc) is 2.83. The number of hydrogen-bond acceptors (Lipinski definition) is 4. The first-order chi connectivity index (χ1) is 9.15. The minimum absolute atomic E-state index is 0.164. The molecular weight excluding hydrogens is 268 g/mol. The second kappa shape index (κ2) is 4.47. The van der Waals surface area contributed by atoms with Gasteiger partial charge >= 0.3 is 0 Å². The number of fused-ring (bicyclic) bond motifs is 1. The SMILES string of the molecule is O=C1Nc2ncnn2C(=O)C1Cc1cccc(Cl)c1. The molecule has 1 atom stereocenters. The summed E-state index contributed by atoms with van der Waals surface area (Å²) in [6, 6.07) is 7.08. The molecule has 1 amide bonds. The quantitative estimate of drug-likeness (QED) is 0.841. The molecule has 19 heavy (non-hydrogen) atoms.